The first-order chi connectivity index (χ1) is 9.06. The molecule has 0 saturated carbocycles. The molecule has 0 aliphatic heterocycles. The maximum atomic E-state index is 10.5. The van der Waals surface area contributed by atoms with E-state index in [-0.39, 0.29) is 5.69 Å². The molecule has 0 N–H and O–H groups in total. The third kappa shape index (κ3) is 3.35. The normalized spacial score (nSPS) is 9.95. The predicted octanol–water partition coefficient (Wildman–Crippen LogP) is 3.66. The molecule has 0 radical (unpaired) electrons. The van der Waals surface area contributed by atoms with E-state index >= 15 is 0 Å². The van der Waals surface area contributed by atoms with Gasteiger partial charge in [0.1, 0.15) is 5.75 Å². The standard InChI is InChI=1S/C14H11NO3S/c1-10-2-4-11(5-3-10)14(19)18-13-8-6-12(7-9-13)15(16)17/h2-9H,1H3. The summed E-state index contributed by atoms with van der Waals surface area (Å²) in [5, 5.41) is 10.9. The molecule has 5 heteroatoms. The Morgan fingerprint density at radius 1 is 1.11 bits per heavy atom. The van der Waals surface area contributed by atoms with E-state index in [1.54, 1.807) is 0 Å². The van der Waals surface area contributed by atoms with Gasteiger partial charge in [-0.3, -0.25) is 10.1 Å². The highest BCUT2D eigenvalue weighted by atomic mass is 32.1. The Bertz CT molecular complexity index is 606. The van der Waals surface area contributed by atoms with Gasteiger partial charge in [-0.2, -0.15) is 0 Å². The Hall–Kier alpha value is -2.27. The van der Waals surface area contributed by atoms with Gasteiger partial charge in [-0.05, 0) is 31.3 Å². The average molecular weight is 273 g/mol. The largest absolute Gasteiger partial charge is 0.445 e. The van der Waals surface area contributed by atoms with Crippen molar-refractivity contribution in [3.63, 3.8) is 0 Å². The zero-order chi connectivity index (χ0) is 13.8. The molecule has 0 fully saturated rings. The van der Waals surface area contributed by atoms with Crippen LogP contribution in [-0.2, 0) is 0 Å². The van der Waals surface area contributed by atoms with Gasteiger partial charge in [0.25, 0.3) is 5.69 Å². The molecule has 0 atom stereocenters. The predicted molar refractivity (Wildman–Crippen MR) is 76.6 cm³/mol. The number of non-ortho nitro benzene ring substituents is 1. The van der Waals surface area contributed by atoms with Crippen LogP contribution in [0.1, 0.15) is 11.1 Å². The van der Waals surface area contributed by atoms with Crippen molar-refractivity contribution in [2.24, 2.45) is 0 Å². The van der Waals surface area contributed by atoms with Gasteiger partial charge in [-0.25, -0.2) is 0 Å². The number of ether oxygens (including phenoxy) is 1. The third-order valence-corrected chi connectivity index (χ3v) is 2.86. The molecule has 2 rings (SSSR count). The van der Waals surface area contributed by atoms with Crippen LogP contribution in [0, 0.1) is 17.0 Å². The zero-order valence-electron chi connectivity index (χ0n) is 10.2. The van der Waals surface area contributed by atoms with Gasteiger partial charge in [0, 0.05) is 17.7 Å². The monoisotopic (exact) mass is 273 g/mol. The summed E-state index contributed by atoms with van der Waals surface area (Å²) in [5.41, 5.74) is 1.97. The lowest BCUT2D eigenvalue weighted by molar-refractivity contribution is -0.384. The number of aryl methyl sites for hydroxylation is 1. The van der Waals surface area contributed by atoms with Crippen LogP contribution in [-0.4, -0.2) is 9.97 Å². The number of nitro benzene ring substituents is 1. The number of nitrogens with zero attached hydrogens (tertiary/aromatic N) is 1. The highest BCUT2D eigenvalue weighted by molar-refractivity contribution is 7.80. The number of hydrogen-bond acceptors (Lipinski definition) is 4. The minimum Gasteiger partial charge on any atom is -0.445 e. The lowest BCUT2D eigenvalue weighted by Crippen LogP contribution is -2.06. The van der Waals surface area contributed by atoms with Gasteiger partial charge in [0.05, 0.1) is 4.92 Å². The van der Waals surface area contributed by atoms with Crippen LogP contribution in [0.25, 0.3) is 0 Å². The molecule has 0 unspecified atom stereocenters. The molecule has 2 aromatic carbocycles. The van der Waals surface area contributed by atoms with Crippen molar-refractivity contribution in [2.45, 2.75) is 6.92 Å². The third-order valence-electron chi connectivity index (χ3n) is 2.55. The topological polar surface area (TPSA) is 52.4 Å². The Labute approximate surface area is 115 Å². The first kappa shape index (κ1) is 13.2. The quantitative estimate of drug-likeness (QED) is 0.486. The molecule has 0 aromatic heterocycles. The van der Waals surface area contributed by atoms with E-state index in [1.165, 1.54) is 24.3 Å². The smallest absolute Gasteiger partial charge is 0.269 e. The van der Waals surface area contributed by atoms with E-state index < -0.39 is 4.92 Å². The number of thiocarbonyl (C=S) groups is 1. The molecule has 0 aliphatic rings. The summed E-state index contributed by atoms with van der Waals surface area (Å²) in [6, 6.07) is 13.5. The molecule has 0 saturated heterocycles. The minimum atomic E-state index is -0.456. The SMILES string of the molecule is Cc1ccc(C(=S)Oc2ccc([N+](=O)[O-])cc2)cc1. The summed E-state index contributed by atoms with van der Waals surface area (Å²) >= 11 is 5.17. The number of hydrogen-bond donors (Lipinski definition) is 0. The average Bonchev–Trinajstić information content (AvgIpc) is 2.40. The van der Waals surface area contributed by atoms with Crippen molar-refractivity contribution in [2.75, 3.05) is 0 Å². The molecule has 0 spiro atoms. The van der Waals surface area contributed by atoms with Crippen LogP contribution in [0.2, 0.25) is 0 Å². The molecule has 96 valence electrons. The van der Waals surface area contributed by atoms with Crippen LogP contribution in [0.4, 0.5) is 5.69 Å². The molecule has 0 bridgehead atoms. The lowest BCUT2D eigenvalue weighted by atomic mass is 10.2. The van der Waals surface area contributed by atoms with Crippen molar-refractivity contribution in [1.82, 2.24) is 0 Å². The molecule has 2 aromatic rings. The van der Waals surface area contributed by atoms with E-state index in [1.807, 2.05) is 31.2 Å². The van der Waals surface area contributed by atoms with Crippen molar-refractivity contribution in [3.8, 4) is 5.75 Å². The zero-order valence-corrected chi connectivity index (χ0v) is 11.0. The van der Waals surface area contributed by atoms with E-state index in [0.29, 0.717) is 10.8 Å². The Morgan fingerprint density at radius 3 is 2.21 bits per heavy atom. The summed E-state index contributed by atoms with van der Waals surface area (Å²) in [6.07, 6.45) is 0. The second kappa shape index (κ2) is 5.58. The van der Waals surface area contributed by atoms with E-state index in [2.05, 4.69) is 0 Å². The summed E-state index contributed by atoms with van der Waals surface area (Å²) in [6.45, 7) is 1.99. The fraction of sp³-hybridized carbons (Fsp3) is 0.0714. The maximum Gasteiger partial charge on any atom is 0.269 e. The van der Waals surface area contributed by atoms with Crippen molar-refractivity contribution < 1.29 is 9.66 Å². The van der Waals surface area contributed by atoms with Gasteiger partial charge in [-0.1, -0.05) is 29.8 Å². The Balaban J connectivity index is 2.10. The minimum absolute atomic E-state index is 0.0219. The lowest BCUT2D eigenvalue weighted by Gasteiger charge is -2.07. The fourth-order valence-corrected chi connectivity index (χ4v) is 1.72. The van der Waals surface area contributed by atoms with E-state index in [0.717, 1.165) is 11.1 Å². The van der Waals surface area contributed by atoms with Crippen LogP contribution >= 0.6 is 12.2 Å². The molecule has 0 aliphatic carbocycles. The molecule has 4 nitrogen and oxygen atoms in total. The number of nitro groups is 1. The van der Waals surface area contributed by atoms with Crippen LogP contribution in [0.15, 0.2) is 48.5 Å². The highest BCUT2D eigenvalue weighted by Gasteiger charge is 2.07. The van der Waals surface area contributed by atoms with Crippen LogP contribution in [0.3, 0.4) is 0 Å². The molecule has 0 heterocycles. The van der Waals surface area contributed by atoms with E-state index in [4.69, 9.17) is 17.0 Å². The van der Waals surface area contributed by atoms with Crippen molar-refractivity contribution in [1.29, 1.82) is 0 Å². The second-order valence-electron chi connectivity index (χ2n) is 4.01. The first-order valence-electron chi connectivity index (χ1n) is 5.59. The summed E-state index contributed by atoms with van der Waals surface area (Å²) in [7, 11) is 0. The second-order valence-corrected chi connectivity index (χ2v) is 4.38. The fourth-order valence-electron chi connectivity index (χ4n) is 1.49. The number of benzene rings is 2. The van der Waals surface area contributed by atoms with Gasteiger partial charge in [0.15, 0.2) is 5.05 Å². The number of rotatable bonds is 3. The van der Waals surface area contributed by atoms with Crippen molar-refractivity contribution in [3.05, 3.63) is 69.8 Å². The van der Waals surface area contributed by atoms with Crippen LogP contribution in [0.5, 0.6) is 5.75 Å². The molecule has 19 heavy (non-hydrogen) atoms. The van der Waals surface area contributed by atoms with E-state index in [9.17, 15) is 10.1 Å². The van der Waals surface area contributed by atoms with Gasteiger partial charge >= 0.3 is 0 Å². The van der Waals surface area contributed by atoms with Gasteiger partial charge < -0.3 is 4.74 Å². The van der Waals surface area contributed by atoms with Gasteiger partial charge in [0.2, 0.25) is 0 Å². The van der Waals surface area contributed by atoms with Crippen LogP contribution < -0.4 is 4.74 Å². The molecular formula is C14H11NO3S. The van der Waals surface area contributed by atoms with Crippen molar-refractivity contribution >= 4 is 23.0 Å². The molecule has 0 amide bonds. The Kier molecular flexibility index (Phi) is 3.87. The first-order valence-corrected chi connectivity index (χ1v) is 6.00. The highest BCUT2D eigenvalue weighted by Crippen LogP contribution is 2.19. The summed E-state index contributed by atoms with van der Waals surface area (Å²) in [5.74, 6) is 0.483. The van der Waals surface area contributed by atoms with Gasteiger partial charge in [-0.15, -0.1) is 0 Å². The summed E-state index contributed by atoms with van der Waals surface area (Å²) < 4.78 is 5.48. The maximum absolute atomic E-state index is 10.5. The summed E-state index contributed by atoms with van der Waals surface area (Å²) in [4.78, 5) is 10.1. The molecular weight excluding hydrogens is 262 g/mol. The Morgan fingerprint density at radius 2 is 1.68 bits per heavy atom.